The van der Waals surface area contributed by atoms with Crippen molar-refractivity contribution in [1.82, 2.24) is 5.32 Å². The van der Waals surface area contributed by atoms with Gasteiger partial charge in [-0.05, 0) is 50.8 Å². The molecule has 0 unspecified atom stereocenters. The van der Waals surface area contributed by atoms with Crippen LogP contribution in [0.3, 0.4) is 0 Å². The van der Waals surface area contributed by atoms with E-state index in [0.717, 1.165) is 45.2 Å². The van der Waals surface area contributed by atoms with Crippen LogP contribution in [0, 0.1) is 11.3 Å². The van der Waals surface area contributed by atoms with Gasteiger partial charge in [0, 0.05) is 6.04 Å². The summed E-state index contributed by atoms with van der Waals surface area (Å²) in [7, 11) is 0. The molecule has 1 saturated carbocycles. The lowest BCUT2D eigenvalue weighted by Crippen LogP contribution is -2.39. The van der Waals surface area contributed by atoms with Crippen molar-refractivity contribution in [3.05, 3.63) is 35.9 Å². The zero-order valence-corrected chi connectivity index (χ0v) is 11.4. The van der Waals surface area contributed by atoms with Crippen LogP contribution in [0.2, 0.25) is 0 Å². The lowest BCUT2D eigenvalue weighted by Gasteiger charge is -2.35. The normalized spacial score (nSPS) is 26.8. The van der Waals surface area contributed by atoms with Crippen LogP contribution in [-0.4, -0.2) is 19.1 Å². The van der Waals surface area contributed by atoms with E-state index in [1.807, 2.05) is 18.2 Å². The van der Waals surface area contributed by atoms with Crippen molar-refractivity contribution >= 4 is 0 Å². The van der Waals surface area contributed by atoms with Crippen molar-refractivity contribution in [2.24, 2.45) is 5.73 Å². The molecule has 19 heavy (non-hydrogen) atoms. The van der Waals surface area contributed by atoms with E-state index in [1.165, 1.54) is 5.56 Å². The summed E-state index contributed by atoms with van der Waals surface area (Å²) >= 11 is 0. The van der Waals surface area contributed by atoms with Crippen LogP contribution in [0.5, 0.6) is 0 Å². The number of nitrogens with one attached hydrogen (secondary N) is 1. The number of nitrogens with two attached hydrogens (primary N) is 1. The van der Waals surface area contributed by atoms with Crippen LogP contribution in [0.15, 0.2) is 30.3 Å². The highest BCUT2D eigenvalue weighted by atomic mass is 14.9. The molecule has 3 heteroatoms. The second kappa shape index (κ2) is 6.70. The van der Waals surface area contributed by atoms with Crippen molar-refractivity contribution in [2.45, 2.75) is 43.6 Å². The van der Waals surface area contributed by atoms with Gasteiger partial charge in [0.2, 0.25) is 0 Å². The fourth-order valence-electron chi connectivity index (χ4n) is 2.95. The number of nitriles is 1. The van der Waals surface area contributed by atoms with Crippen molar-refractivity contribution in [1.29, 1.82) is 5.26 Å². The summed E-state index contributed by atoms with van der Waals surface area (Å²) in [4.78, 5) is 0. The molecule has 0 aromatic heterocycles. The molecule has 3 N–H and O–H groups in total. The molecular formula is C16H23N3. The number of nitrogens with zero attached hydrogens (tertiary/aromatic N) is 1. The van der Waals surface area contributed by atoms with Gasteiger partial charge in [0.25, 0.3) is 0 Å². The van der Waals surface area contributed by atoms with Crippen LogP contribution in [-0.2, 0) is 5.41 Å². The van der Waals surface area contributed by atoms with E-state index in [9.17, 15) is 5.26 Å². The van der Waals surface area contributed by atoms with E-state index >= 15 is 0 Å². The van der Waals surface area contributed by atoms with Gasteiger partial charge in [-0.15, -0.1) is 0 Å². The Labute approximate surface area is 115 Å². The maximum atomic E-state index is 9.61. The maximum Gasteiger partial charge on any atom is 0.0823 e. The smallest absolute Gasteiger partial charge is 0.0823 e. The van der Waals surface area contributed by atoms with E-state index in [1.54, 1.807) is 0 Å². The number of rotatable bonds is 5. The molecule has 3 nitrogen and oxygen atoms in total. The van der Waals surface area contributed by atoms with Gasteiger partial charge < -0.3 is 11.1 Å². The lowest BCUT2D eigenvalue weighted by atomic mass is 9.69. The minimum absolute atomic E-state index is 0.271. The van der Waals surface area contributed by atoms with Gasteiger partial charge in [-0.3, -0.25) is 0 Å². The van der Waals surface area contributed by atoms with Crippen LogP contribution < -0.4 is 11.1 Å². The topological polar surface area (TPSA) is 61.8 Å². The third-order valence-electron chi connectivity index (χ3n) is 4.19. The third-order valence-corrected chi connectivity index (χ3v) is 4.19. The Morgan fingerprint density at radius 2 is 1.95 bits per heavy atom. The molecule has 1 fully saturated rings. The highest BCUT2D eigenvalue weighted by molar-refractivity contribution is 5.33. The van der Waals surface area contributed by atoms with E-state index in [4.69, 9.17) is 5.73 Å². The minimum atomic E-state index is -0.271. The largest absolute Gasteiger partial charge is 0.330 e. The molecule has 1 aromatic rings. The average Bonchev–Trinajstić information content (AvgIpc) is 2.49. The molecule has 0 amide bonds. The van der Waals surface area contributed by atoms with Gasteiger partial charge in [0.1, 0.15) is 0 Å². The van der Waals surface area contributed by atoms with E-state index in [0.29, 0.717) is 6.04 Å². The molecule has 102 valence electrons. The first kappa shape index (κ1) is 14.0. The average molecular weight is 257 g/mol. The Bertz CT molecular complexity index is 413. The molecule has 1 aliphatic rings. The minimum Gasteiger partial charge on any atom is -0.330 e. The summed E-state index contributed by atoms with van der Waals surface area (Å²) in [6.45, 7) is 1.73. The van der Waals surface area contributed by atoms with Crippen molar-refractivity contribution in [2.75, 3.05) is 13.1 Å². The van der Waals surface area contributed by atoms with Crippen LogP contribution in [0.1, 0.15) is 37.7 Å². The highest BCUT2D eigenvalue weighted by Crippen LogP contribution is 2.38. The predicted molar refractivity (Wildman–Crippen MR) is 77.7 cm³/mol. The van der Waals surface area contributed by atoms with Gasteiger partial charge >= 0.3 is 0 Å². The molecule has 1 aliphatic carbocycles. The maximum absolute atomic E-state index is 9.61. The summed E-state index contributed by atoms with van der Waals surface area (Å²) < 4.78 is 0. The number of hydrogen-bond acceptors (Lipinski definition) is 3. The zero-order chi connectivity index (χ0) is 13.6. The fourth-order valence-corrected chi connectivity index (χ4v) is 2.95. The van der Waals surface area contributed by atoms with Crippen molar-refractivity contribution in [3.63, 3.8) is 0 Å². The zero-order valence-electron chi connectivity index (χ0n) is 11.4. The number of benzene rings is 1. The summed E-state index contributed by atoms with van der Waals surface area (Å²) in [6.07, 6.45) is 5.08. The first-order valence-corrected chi connectivity index (χ1v) is 7.21. The van der Waals surface area contributed by atoms with E-state index in [-0.39, 0.29) is 5.41 Å². The molecule has 0 radical (unpaired) electrons. The number of hydrogen-bond donors (Lipinski definition) is 2. The Hall–Kier alpha value is -1.37. The Morgan fingerprint density at radius 1 is 1.26 bits per heavy atom. The second-order valence-corrected chi connectivity index (χ2v) is 5.43. The van der Waals surface area contributed by atoms with Crippen LogP contribution in [0.4, 0.5) is 0 Å². The van der Waals surface area contributed by atoms with Crippen molar-refractivity contribution < 1.29 is 0 Å². The summed E-state index contributed by atoms with van der Waals surface area (Å²) in [5.41, 5.74) is 6.41. The molecular weight excluding hydrogens is 234 g/mol. The molecule has 0 aliphatic heterocycles. The lowest BCUT2D eigenvalue weighted by molar-refractivity contribution is 0.296. The quantitative estimate of drug-likeness (QED) is 0.796. The van der Waals surface area contributed by atoms with Gasteiger partial charge in [-0.2, -0.15) is 5.26 Å². The molecule has 2 rings (SSSR count). The van der Waals surface area contributed by atoms with Gasteiger partial charge in [-0.1, -0.05) is 30.3 Å². The highest BCUT2D eigenvalue weighted by Gasteiger charge is 2.36. The van der Waals surface area contributed by atoms with Gasteiger partial charge in [0.05, 0.1) is 11.5 Å². The standard InChI is InChI=1S/C16H23N3/c17-11-4-12-19-15-7-9-16(13-18,10-8-15)14-5-2-1-3-6-14/h1-3,5-6,15,19H,4,7-12,17H2. The summed E-state index contributed by atoms with van der Waals surface area (Å²) in [5.74, 6) is 0. The molecule has 0 heterocycles. The summed E-state index contributed by atoms with van der Waals surface area (Å²) in [5, 5.41) is 13.2. The van der Waals surface area contributed by atoms with Gasteiger partial charge in [-0.25, -0.2) is 0 Å². The van der Waals surface area contributed by atoms with Crippen molar-refractivity contribution in [3.8, 4) is 6.07 Å². The van der Waals surface area contributed by atoms with E-state index < -0.39 is 0 Å². The Kier molecular flexibility index (Phi) is 4.95. The Morgan fingerprint density at radius 3 is 2.53 bits per heavy atom. The third kappa shape index (κ3) is 3.34. The fraction of sp³-hybridized carbons (Fsp3) is 0.562. The first-order chi connectivity index (χ1) is 9.30. The first-order valence-electron chi connectivity index (χ1n) is 7.21. The molecule has 0 spiro atoms. The Balaban J connectivity index is 1.95. The van der Waals surface area contributed by atoms with E-state index in [2.05, 4.69) is 23.5 Å². The van der Waals surface area contributed by atoms with Gasteiger partial charge in [0.15, 0.2) is 0 Å². The monoisotopic (exact) mass is 257 g/mol. The van der Waals surface area contributed by atoms with Crippen LogP contribution in [0.25, 0.3) is 0 Å². The molecule has 0 bridgehead atoms. The molecule has 0 saturated heterocycles. The second-order valence-electron chi connectivity index (χ2n) is 5.43. The predicted octanol–water partition coefficient (Wildman–Crippen LogP) is 2.33. The molecule has 1 aromatic carbocycles. The SMILES string of the molecule is N#CC1(c2ccccc2)CCC(NCCCN)CC1. The summed E-state index contributed by atoms with van der Waals surface area (Å²) in [6, 6.07) is 13.4. The molecule has 0 atom stereocenters. The van der Waals surface area contributed by atoms with Crippen LogP contribution >= 0.6 is 0 Å².